The molecule has 7 nitrogen and oxygen atoms in total. The van der Waals surface area contributed by atoms with Crippen molar-refractivity contribution in [2.75, 3.05) is 5.32 Å². The summed E-state index contributed by atoms with van der Waals surface area (Å²) in [5.74, 6) is -1.42. The Morgan fingerprint density at radius 1 is 1.30 bits per heavy atom. The van der Waals surface area contributed by atoms with E-state index in [9.17, 15) is 18.4 Å². The molecule has 1 amide bonds. The van der Waals surface area contributed by atoms with Crippen LogP contribution in [0.25, 0.3) is 0 Å². The fraction of sp³-hybridized carbons (Fsp3) is 0.214. The third kappa shape index (κ3) is 5.06. The summed E-state index contributed by atoms with van der Waals surface area (Å²) in [6.07, 6.45) is 2.63. The Kier molecular flexibility index (Phi) is 5.23. The van der Waals surface area contributed by atoms with Gasteiger partial charge in [-0.3, -0.25) is 14.3 Å². The third-order valence-electron chi connectivity index (χ3n) is 2.79. The number of carbonyl (C=O) groups excluding carboxylic acids is 1. The molecular formula is C14H13F2N3O4. The normalized spacial score (nSPS) is 10.6. The van der Waals surface area contributed by atoms with Crippen LogP contribution in [0, 0.1) is 0 Å². The molecule has 0 bridgehead atoms. The minimum absolute atomic E-state index is 0.0144. The van der Waals surface area contributed by atoms with Crippen LogP contribution in [0.3, 0.4) is 0 Å². The number of halogens is 2. The second-order valence-corrected chi connectivity index (χ2v) is 4.49. The van der Waals surface area contributed by atoms with Gasteiger partial charge in [-0.15, -0.1) is 0 Å². The summed E-state index contributed by atoms with van der Waals surface area (Å²) in [6, 6.07) is 5.45. The van der Waals surface area contributed by atoms with Crippen molar-refractivity contribution in [3.05, 3.63) is 42.2 Å². The lowest BCUT2D eigenvalue weighted by molar-refractivity contribution is -0.137. The lowest BCUT2D eigenvalue weighted by Gasteiger charge is -2.06. The molecule has 0 aliphatic heterocycles. The standard InChI is InChI=1S/C14H13F2N3O4/c15-14(16)23-11-3-1-10(2-4-11)18-13(22)9-7-17-19(8-9)6-5-12(20)21/h1-4,7-8,14H,5-6H2,(H,18,22)(H,20,21). The summed E-state index contributed by atoms with van der Waals surface area (Å²) in [6.45, 7) is -2.76. The zero-order chi connectivity index (χ0) is 16.8. The maximum absolute atomic E-state index is 12.0. The summed E-state index contributed by atoms with van der Waals surface area (Å²) in [4.78, 5) is 22.5. The van der Waals surface area contributed by atoms with Crippen molar-refractivity contribution in [2.24, 2.45) is 0 Å². The molecule has 23 heavy (non-hydrogen) atoms. The number of hydrogen-bond donors (Lipinski definition) is 2. The number of benzene rings is 1. The first-order chi connectivity index (χ1) is 10.9. The Hall–Kier alpha value is -2.97. The number of aromatic nitrogens is 2. The number of nitrogens with zero attached hydrogens (tertiary/aromatic N) is 2. The Bertz CT molecular complexity index is 686. The number of hydrogen-bond acceptors (Lipinski definition) is 4. The Balaban J connectivity index is 1.94. The van der Waals surface area contributed by atoms with Gasteiger partial charge in [-0.2, -0.15) is 13.9 Å². The largest absolute Gasteiger partial charge is 0.481 e. The monoisotopic (exact) mass is 325 g/mol. The van der Waals surface area contributed by atoms with Gasteiger partial charge in [-0.05, 0) is 24.3 Å². The van der Waals surface area contributed by atoms with Crippen molar-refractivity contribution in [1.29, 1.82) is 0 Å². The highest BCUT2D eigenvalue weighted by molar-refractivity contribution is 6.03. The highest BCUT2D eigenvalue weighted by Gasteiger charge is 2.10. The molecule has 0 saturated carbocycles. The first kappa shape index (κ1) is 16.4. The molecule has 2 aromatic rings. The zero-order valence-electron chi connectivity index (χ0n) is 11.8. The average Bonchev–Trinajstić information content (AvgIpc) is 2.95. The molecule has 0 unspecified atom stereocenters. The number of nitrogens with one attached hydrogen (secondary N) is 1. The van der Waals surface area contributed by atoms with Gasteiger partial charge < -0.3 is 15.2 Å². The van der Waals surface area contributed by atoms with E-state index in [2.05, 4.69) is 15.2 Å². The maximum atomic E-state index is 12.0. The van der Waals surface area contributed by atoms with Crippen LogP contribution in [0.5, 0.6) is 5.75 Å². The van der Waals surface area contributed by atoms with E-state index in [1.807, 2.05) is 0 Å². The van der Waals surface area contributed by atoms with Crippen LogP contribution < -0.4 is 10.1 Å². The van der Waals surface area contributed by atoms with E-state index in [1.54, 1.807) is 0 Å². The number of ether oxygens (including phenoxy) is 1. The molecule has 0 atom stereocenters. The van der Waals surface area contributed by atoms with Crippen LogP contribution in [0.4, 0.5) is 14.5 Å². The second kappa shape index (κ2) is 7.34. The van der Waals surface area contributed by atoms with Crippen molar-refractivity contribution in [2.45, 2.75) is 19.6 Å². The molecule has 2 rings (SSSR count). The predicted molar refractivity (Wildman–Crippen MR) is 75.5 cm³/mol. The van der Waals surface area contributed by atoms with Crippen LogP contribution in [0.2, 0.25) is 0 Å². The molecule has 9 heteroatoms. The molecule has 0 aliphatic rings. The molecule has 0 fully saturated rings. The van der Waals surface area contributed by atoms with Crippen molar-refractivity contribution >= 4 is 17.6 Å². The van der Waals surface area contributed by atoms with Gasteiger partial charge in [-0.1, -0.05) is 0 Å². The van der Waals surface area contributed by atoms with E-state index in [0.29, 0.717) is 5.69 Å². The van der Waals surface area contributed by atoms with Gasteiger partial charge in [-0.25, -0.2) is 0 Å². The lowest BCUT2D eigenvalue weighted by Crippen LogP contribution is -2.11. The van der Waals surface area contributed by atoms with Gasteiger partial charge >= 0.3 is 12.6 Å². The van der Waals surface area contributed by atoms with Crippen molar-refractivity contribution < 1.29 is 28.2 Å². The number of carbonyl (C=O) groups is 2. The molecule has 1 aromatic heterocycles. The van der Waals surface area contributed by atoms with E-state index in [1.165, 1.54) is 41.3 Å². The summed E-state index contributed by atoms with van der Waals surface area (Å²) < 4.78 is 29.6. The molecule has 2 N–H and O–H groups in total. The Morgan fingerprint density at radius 3 is 2.61 bits per heavy atom. The average molecular weight is 325 g/mol. The fourth-order valence-electron chi connectivity index (χ4n) is 1.74. The number of anilines is 1. The van der Waals surface area contributed by atoms with Crippen molar-refractivity contribution in [1.82, 2.24) is 9.78 Å². The molecule has 0 saturated heterocycles. The van der Waals surface area contributed by atoms with Gasteiger partial charge in [0.15, 0.2) is 0 Å². The van der Waals surface area contributed by atoms with Crippen LogP contribution in [-0.2, 0) is 11.3 Å². The minimum atomic E-state index is -2.91. The summed E-state index contributed by atoms with van der Waals surface area (Å²) in [5.41, 5.74) is 0.651. The number of aliphatic carboxylic acids is 1. The van der Waals surface area contributed by atoms with E-state index in [0.717, 1.165) is 0 Å². The second-order valence-electron chi connectivity index (χ2n) is 4.49. The Labute approximate surface area is 129 Å². The number of aryl methyl sites for hydroxylation is 1. The summed E-state index contributed by atoms with van der Waals surface area (Å²) in [7, 11) is 0. The molecule has 1 heterocycles. The van der Waals surface area contributed by atoms with Gasteiger partial charge in [0.05, 0.1) is 24.7 Å². The number of carboxylic acids is 1. The van der Waals surface area contributed by atoms with Crippen LogP contribution in [-0.4, -0.2) is 33.4 Å². The molecule has 122 valence electrons. The van der Waals surface area contributed by atoms with Crippen molar-refractivity contribution in [3.8, 4) is 5.75 Å². The third-order valence-corrected chi connectivity index (χ3v) is 2.79. The van der Waals surface area contributed by atoms with Crippen LogP contribution in [0.15, 0.2) is 36.7 Å². The van der Waals surface area contributed by atoms with E-state index < -0.39 is 18.5 Å². The highest BCUT2D eigenvalue weighted by Crippen LogP contribution is 2.18. The minimum Gasteiger partial charge on any atom is -0.481 e. The van der Waals surface area contributed by atoms with Gasteiger partial charge in [0, 0.05) is 11.9 Å². The quantitative estimate of drug-likeness (QED) is 0.814. The van der Waals surface area contributed by atoms with Crippen LogP contribution >= 0.6 is 0 Å². The van der Waals surface area contributed by atoms with E-state index in [-0.39, 0.29) is 24.3 Å². The number of carboxylic acid groups (broad SMARTS) is 1. The maximum Gasteiger partial charge on any atom is 0.387 e. The zero-order valence-corrected chi connectivity index (χ0v) is 11.8. The fourth-order valence-corrected chi connectivity index (χ4v) is 1.74. The van der Waals surface area contributed by atoms with E-state index >= 15 is 0 Å². The predicted octanol–water partition coefficient (Wildman–Crippen LogP) is 2.21. The Morgan fingerprint density at radius 2 is 2.00 bits per heavy atom. The van der Waals surface area contributed by atoms with Gasteiger partial charge in [0.2, 0.25) is 0 Å². The van der Waals surface area contributed by atoms with E-state index in [4.69, 9.17) is 5.11 Å². The molecule has 0 radical (unpaired) electrons. The molecular weight excluding hydrogens is 312 g/mol. The highest BCUT2D eigenvalue weighted by atomic mass is 19.3. The number of rotatable bonds is 7. The summed E-state index contributed by atoms with van der Waals surface area (Å²) in [5, 5.41) is 15.0. The molecule has 1 aromatic carbocycles. The SMILES string of the molecule is O=C(O)CCn1cc(C(=O)Nc2ccc(OC(F)F)cc2)cn1. The van der Waals surface area contributed by atoms with Gasteiger partial charge in [0.25, 0.3) is 5.91 Å². The summed E-state index contributed by atoms with van der Waals surface area (Å²) >= 11 is 0. The molecule has 0 spiro atoms. The first-order valence-electron chi connectivity index (χ1n) is 6.54. The van der Waals surface area contributed by atoms with Gasteiger partial charge in [0.1, 0.15) is 5.75 Å². The first-order valence-corrected chi connectivity index (χ1v) is 6.54. The van der Waals surface area contributed by atoms with Crippen molar-refractivity contribution in [3.63, 3.8) is 0 Å². The molecule has 0 aliphatic carbocycles. The lowest BCUT2D eigenvalue weighted by atomic mass is 10.2. The van der Waals surface area contributed by atoms with Crippen LogP contribution in [0.1, 0.15) is 16.8 Å². The number of alkyl halides is 2. The smallest absolute Gasteiger partial charge is 0.387 e. The number of amides is 1. The topological polar surface area (TPSA) is 93.5 Å².